The maximum Gasteiger partial charge on any atom is 0.254 e. The lowest BCUT2D eigenvalue weighted by atomic mass is 10.1. The minimum Gasteiger partial charge on any atom is -0.399 e. The van der Waals surface area contributed by atoms with E-state index in [0.29, 0.717) is 11.3 Å². The molecule has 1 saturated heterocycles. The Morgan fingerprint density at radius 1 is 1.56 bits per heavy atom. The lowest BCUT2D eigenvalue weighted by Gasteiger charge is -2.34. The lowest BCUT2D eigenvalue weighted by Crippen LogP contribution is -2.52. The van der Waals surface area contributed by atoms with Crippen molar-refractivity contribution in [2.75, 3.05) is 25.4 Å². The van der Waals surface area contributed by atoms with E-state index in [9.17, 15) is 4.79 Å². The number of nitrogens with two attached hydrogens (primary N) is 1. The van der Waals surface area contributed by atoms with E-state index >= 15 is 0 Å². The molecule has 0 radical (unpaired) electrons. The zero-order chi connectivity index (χ0) is 11.5. The van der Waals surface area contributed by atoms with Crippen molar-refractivity contribution in [2.24, 2.45) is 0 Å². The first-order chi connectivity index (χ1) is 7.68. The summed E-state index contributed by atoms with van der Waals surface area (Å²) in [4.78, 5) is 14.1. The topological polar surface area (TPSA) is 58.4 Å². The van der Waals surface area contributed by atoms with Crippen LogP contribution in [0, 0.1) is 0 Å². The van der Waals surface area contributed by atoms with E-state index in [1.807, 2.05) is 17.0 Å². The molecule has 1 aromatic rings. The number of piperazine rings is 1. The molecule has 0 bridgehead atoms. The van der Waals surface area contributed by atoms with Gasteiger partial charge in [0.2, 0.25) is 0 Å². The molecule has 4 heteroatoms. The van der Waals surface area contributed by atoms with Crippen LogP contribution >= 0.6 is 0 Å². The van der Waals surface area contributed by atoms with E-state index in [1.165, 1.54) is 0 Å². The number of nitrogens with one attached hydrogen (secondary N) is 1. The molecule has 1 heterocycles. The number of rotatable bonds is 1. The van der Waals surface area contributed by atoms with Gasteiger partial charge in [0.05, 0.1) is 0 Å². The van der Waals surface area contributed by atoms with Crippen LogP contribution in [0.4, 0.5) is 5.69 Å². The van der Waals surface area contributed by atoms with Gasteiger partial charge in [-0.3, -0.25) is 4.79 Å². The molecule has 16 heavy (non-hydrogen) atoms. The smallest absolute Gasteiger partial charge is 0.254 e. The molecule has 1 aliphatic heterocycles. The summed E-state index contributed by atoms with van der Waals surface area (Å²) in [5, 5.41) is 3.26. The molecule has 2 rings (SSSR count). The number of carbonyl (C=O) groups is 1. The van der Waals surface area contributed by atoms with Crippen molar-refractivity contribution in [1.82, 2.24) is 10.2 Å². The van der Waals surface area contributed by atoms with Gasteiger partial charge < -0.3 is 16.0 Å². The predicted octanol–water partition coefficient (Wildman–Crippen LogP) is 0.703. The van der Waals surface area contributed by atoms with Gasteiger partial charge in [-0.05, 0) is 25.1 Å². The third-order valence-corrected chi connectivity index (χ3v) is 2.90. The molecule has 0 saturated carbocycles. The summed E-state index contributed by atoms with van der Waals surface area (Å²) in [6, 6.07) is 7.39. The van der Waals surface area contributed by atoms with E-state index in [1.54, 1.807) is 12.1 Å². The molecular formula is C12H17N3O. The first-order valence-corrected chi connectivity index (χ1v) is 5.55. The highest BCUT2D eigenvalue weighted by Gasteiger charge is 2.23. The van der Waals surface area contributed by atoms with Crippen molar-refractivity contribution < 1.29 is 4.79 Å². The van der Waals surface area contributed by atoms with Gasteiger partial charge in [0.15, 0.2) is 0 Å². The zero-order valence-corrected chi connectivity index (χ0v) is 9.44. The number of benzene rings is 1. The molecule has 1 fully saturated rings. The maximum absolute atomic E-state index is 12.2. The van der Waals surface area contributed by atoms with Crippen molar-refractivity contribution >= 4 is 11.6 Å². The molecule has 86 valence electrons. The Hall–Kier alpha value is -1.55. The Kier molecular flexibility index (Phi) is 3.10. The van der Waals surface area contributed by atoms with Gasteiger partial charge in [-0.25, -0.2) is 0 Å². The molecule has 1 amide bonds. The number of carbonyl (C=O) groups excluding carboxylic acids is 1. The zero-order valence-electron chi connectivity index (χ0n) is 9.44. The van der Waals surface area contributed by atoms with E-state index in [-0.39, 0.29) is 11.9 Å². The third kappa shape index (κ3) is 2.17. The van der Waals surface area contributed by atoms with Crippen molar-refractivity contribution in [1.29, 1.82) is 0 Å². The van der Waals surface area contributed by atoms with Gasteiger partial charge in [0.1, 0.15) is 0 Å². The number of amides is 1. The maximum atomic E-state index is 12.2. The SMILES string of the molecule is C[C@H]1CNCCN1C(=O)c1cccc(N)c1. The van der Waals surface area contributed by atoms with Gasteiger partial charge >= 0.3 is 0 Å². The Labute approximate surface area is 95.4 Å². The Bertz CT molecular complexity index is 392. The van der Waals surface area contributed by atoms with Gasteiger partial charge in [-0.2, -0.15) is 0 Å². The molecule has 0 unspecified atom stereocenters. The minimum atomic E-state index is 0.0706. The molecule has 1 aromatic carbocycles. The van der Waals surface area contributed by atoms with Crippen LogP contribution in [-0.2, 0) is 0 Å². The molecule has 0 aromatic heterocycles. The Morgan fingerprint density at radius 3 is 3.06 bits per heavy atom. The van der Waals surface area contributed by atoms with E-state index in [2.05, 4.69) is 12.2 Å². The van der Waals surface area contributed by atoms with Crippen molar-refractivity contribution in [2.45, 2.75) is 13.0 Å². The average molecular weight is 219 g/mol. The monoisotopic (exact) mass is 219 g/mol. The first-order valence-electron chi connectivity index (χ1n) is 5.55. The summed E-state index contributed by atoms with van der Waals surface area (Å²) < 4.78 is 0. The minimum absolute atomic E-state index is 0.0706. The molecule has 1 atom stereocenters. The van der Waals surface area contributed by atoms with Crippen molar-refractivity contribution in [3.63, 3.8) is 0 Å². The summed E-state index contributed by atoms with van der Waals surface area (Å²) in [7, 11) is 0. The number of nitrogen functional groups attached to an aromatic ring is 1. The van der Waals surface area contributed by atoms with E-state index in [4.69, 9.17) is 5.73 Å². The van der Waals surface area contributed by atoms with Crippen LogP contribution in [0.15, 0.2) is 24.3 Å². The second-order valence-electron chi connectivity index (χ2n) is 4.18. The van der Waals surface area contributed by atoms with Crippen LogP contribution in [-0.4, -0.2) is 36.5 Å². The van der Waals surface area contributed by atoms with E-state index in [0.717, 1.165) is 19.6 Å². The lowest BCUT2D eigenvalue weighted by molar-refractivity contribution is 0.0656. The van der Waals surface area contributed by atoms with Gasteiger partial charge in [-0.1, -0.05) is 6.07 Å². The second kappa shape index (κ2) is 4.53. The fourth-order valence-electron chi connectivity index (χ4n) is 1.98. The third-order valence-electron chi connectivity index (χ3n) is 2.90. The largest absolute Gasteiger partial charge is 0.399 e. The summed E-state index contributed by atoms with van der Waals surface area (Å²) in [5.74, 6) is 0.0706. The Morgan fingerprint density at radius 2 is 2.38 bits per heavy atom. The number of hydrogen-bond donors (Lipinski definition) is 2. The standard InChI is InChI=1S/C12H17N3O/c1-9-8-14-5-6-15(9)12(16)10-3-2-4-11(13)7-10/h2-4,7,9,14H,5-6,8,13H2,1H3/t9-/m0/s1. The summed E-state index contributed by atoms with van der Waals surface area (Å²) >= 11 is 0. The fourth-order valence-corrected chi connectivity index (χ4v) is 1.98. The van der Waals surface area contributed by atoms with Crippen LogP contribution < -0.4 is 11.1 Å². The number of nitrogens with zero attached hydrogens (tertiary/aromatic N) is 1. The molecule has 1 aliphatic rings. The van der Waals surface area contributed by atoms with Gasteiger partial charge in [0, 0.05) is 36.9 Å². The predicted molar refractivity (Wildman–Crippen MR) is 64.2 cm³/mol. The number of hydrogen-bond acceptors (Lipinski definition) is 3. The average Bonchev–Trinajstić information content (AvgIpc) is 2.29. The summed E-state index contributed by atoms with van der Waals surface area (Å²) in [6.45, 7) is 4.53. The first kappa shape index (κ1) is 11.0. The highest BCUT2D eigenvalue weighted by molar-refractivity contribution is 5.95. The Balaban J connectivity index is 2.17. The van der Waals surface area contributed by atoms with Gasteiger partial charge in [-0.15, -0.1) is 0 Å². The molecule has 3 N–H and O–H groups in total. The summed E-state index contributed by atoms with van der Waals surface area (Å²) in [6.07, 6.45) is 0. The van der Waals surface area contributed by atoms with Crippen LogP contribution in [0.3, 0.4) is 0 Å². The van der Waals surface area contributed by atoms with Crippen LogP contribution in [0.5, 0.6) is 0 Å². The fraction of sp³-hybridized carbons (Fsp3) is 0.417. The van der Waals surface area contributed by atoms with Crippen molar-refractivity contribution in [3.05, 3.63) is 29.8 Å². The molecule has 4 nitrogen and oxygen atoms in total. The highest BCUT2D eigenvalue weighted by atomic mass is 16.2. The quantitative estimate of drug-likeness (QED) is 0.684. The highest BCUT2D eigenvalue weighted by Crippen LogP contribution is 2.12. The molecule has 0 spiro atoms. The van der Waals surface area contributed by atoms with Gasteiger partial charge in [0.25, 0.3) is 5.91 Å². The van der Waals surface area contributed by atoms with Crippen LogP contribution in [0.25, 0.3) is 0 Å². The number of anilines is 1. The van der Waals surface area contributed by atoms with E-state index < -0.39 is 0 Å². The van der Waals surface area contributed by atoms with Crippen LogP contribution in [0.2, 0.25) is 0 Å². The molecule has 0 aliphatic carbocycles. The summed E-state index contributed by atoms with van der Waals surface area (Å²) in [5.41, 5.74) is 6.99. The second-order valence-corrected chi connectivity index (χ2v) is 4.18. The molecular weight excluding hydrogens is 202 g/mol. The van der Waals surface area contributed by atoms with Crippen LogP contribution in [0.1, 0.15) is 17.3 Å². The van der Waals surface area contributed by atoms with Crippen molar-refractivity contribution in [3.8, 4) is 0 Å². The normalized spacial score (nSPS) is 20.8.